The van der Waals surface area contributed by atoms with Crippen LogP contribution < -0.4 is 5.32 Å². The summed E-state index contributed by atoms with van der Waals surface area (Å²) >= 11 is 9.23. The monoisotopic (exact) mass is 351 g/mol. The fourth-order valence-corrected chi connectivity index (χ4v) is 2.34. The predicted molar refractivity (Wildman–Crippen MR) is 83.3 cm³/mol. The second kappa shape index (κ2) is 6.20. The Kier molecular flexibility index (Phi) is 4.57. The van der Waals surface area contributed by atoms with E-state index in [1.165, 1.54) is 6.92 Å². The summed E-state index contributed by atoms with van der Waals surface area (Å²) in [5.41, 5.74) is 1.37. The number of nitrogens with one attached hydrogen (secondary N) is 1. The van der Waals surface area contributed by atoms with Crippen molar-refractivity contribution in [2.45, 2.75) is 6.92 Å². The van der Waals surface area contributed by atoms with Crippen molar-refractivity contribution >= 4 is 44.9 Å². The van der Waals surface area contributed by atoms with Crippen LogP contribution in [0.4, 0.5) is 5.69 Å². The minimum Gasteiger partial charge on any atom is -0.326 e. The SMILES string of the molecule is CC(=O)Nc1ccc(Br)cc1C(=O)c1cccc(Cl)c1. The van der Waals surface area contributed by atoms with Gasteiger partial charge < -0.3 is 5.32 Å². The van der Waals surface area contributed by atoms with E-state index >= 15 is 0 Å². The summed E-state index contributed by atoms with van der Waals surface area (Å²) < 4.78 is 0.761. The van der Waals surface area contributed by atoms with E-state index in [1.54, 1.807) is 42.5 Å². The summed E-state index contributed by atoms with van der Waals surface area (Å²) in [5, 5.41) is 3.14. The number of carbonyl (C=O) groups is 2. The number of hydrogen-bond donors (Lipinski definition) is 1. The van der Waals surface area contributed by atoms with Gasteiger partial charge in [0.15, 0.2) is 5.78 Å². The van der Waals surface area contributed by atoms with Gasteiger partial charge in [-0.1, -0.05) is 39.7 Å². The number of amides is 1. The van der Waals surface area contributed by atoms with E-state index in [-0.39, 0.29) is 11.7 Å². The summed E-state index contributed by atoms with van der Waals surface area (Å²) in [6.45, 7) is 1.40. The molecule has 1 amide bonds. The highest BCUT2D eigenvalue weighted by atomic mass is 79.9. The normalized spacial score (nSPS) is 10.2. The standard InChI is InChI=1S/C15H11BrClNO2/c1-9(19)18-14-6-5-11(16)8-13(14)15(20)10-3-2-4-12(17)7-10/h2-8H,1H3,(H,18,19). The zero-order valence-electron chi connectivity index (χ0n) is 10.6. The van der Waals surface area contributed by atoms with Crippen molar-refractivity contribution in [1.82, 2.24) is 0 Å². The van der Waals surface area contributed by atoms with Gasteiger partial charge in [-0.25, -0.2) is 0 Å². The van der Waals surface area contributed by atoms with Crippen LogP contribution in [0.3, 0.4) is 0 Å². The van der Waals surface area contributed by atoms with E-state index < -0.39 is 0 Å². The Labute approximate surface area is 130 Å². The lowest BCUT2D eigenvalue weighted by Crippen LogP contribution is -2.11. The van der Waals surface area contributed by atoms with Gasteiger partial charge in [-0.15, -0.1) is 0 Å². The second-order valence-electron chi connectivity index (χ2n) is 4.21. The quantitative estimate of drug-likeness (QED) is 0.838. The maximum Gasteiger partial charge on any atom is 0.221 e. The van der Waals surface area contributed by atoms with Crippen LogP contribution in [0.25, 0.3) is 0 Å². The molecule has 2 aromatic rings. The lowest BCUT2D eigenvalue weighted by atomic mass is 10.0. The molecule has 0 aliphatic carbocycles. The smallest absolute Gasteiger partial charge is 0.221 e. The van der Waals surface area contributed by atoms with Crippen LogP contribution in [-0.2, 0) is 4.79 Å². The maximum absolute atomic E-state index is 12.5. The fourth-order valence-electron chi connectivity index (χ4n) is 1.79. The van der Waals surface area contributed by atoms with Gasteiger partial charge in [0.25, 0.3) is 0 Å². The molecular weight excluding hydrogens is 342 g/mol. The Morgan fingerprint density at radius 1 is 1.15 bits per heavy atom. The molecule has 2 aromatic carbocycles. The van der Waals surface area contributed by atoms with E-state index in [1.807, 2.05) is 0 Å². The average molecular weight is 353 g/mol. The highest BCUT2D eigenvalue weighted by Gasteiger charge is 2.15. The van der Waals surface area contributed by atoms with Gasteiger partial charge in [-0.2, -0.15) is 0 Å². The van der Waals surface area contributed by atoms with E-state index in [9.17, 15) is 9.59 Å². The van der Waals surface area contributed by atoms with Crippen molar-refractivity contribution in [3.05, 3.63) is 63.1 Å². The van der Waals surface area contributed by atoms with Crippen molar-refractivity contribution in [3.63, 3.8) is 0 Å². The van der Waals surface area contributed by atoms with Crippen molar-refractivity contribution in [3.8, 4) is 0 Å². The number of benzene rings is 2. The molecule has 1 N–H and O–H groups in total. The van der Waals surface area contributed by atoms with Gasteiger partial charge >= 0.3 is 0 Å². The van der Waals surface area contributed by atoms with Gasteiger partial charge in [0.05, 0.1) is 5.69 Å². The first kappa shape index (κ1) is 14.8. The number of carbonyl (C=O) groups excluding carboxylic acids is 2. The molecule has 0 spiro atoms. The van der Waals surface area contributed by atoms with E-state index in [4.69, 9.17) is 11.6 Å². The first-order chi connectivity index (χ1) is 9.47. The Morgan fingerprint density at radius 3 is 2.55 bits per heavy atom. The van der Waals surface area contributed by atoms with Gasteiger partial charge in [0.1, 0.15) is 0 Å². The number of hydrogen-bond acceptors (Lipinski definition) is 2. The van der Waals surface area contributed by atoms with E-state index in [0.29, 0.717) is 21.8 Å². The largest absolute Gasteiger partial charge is 0.326 e. The van der Waals surface area contributed by atoms with Gasteiger partial charge in [0.2, 0.25) is 5.91 Å². The van der Waals surface area contributed by atoms with E-state index in [0.717, 1.165) is 4.47 Å². The van der Waals surface area contributed by atoms with Crippen molar-refractivity contribution in [2.24, 2.45) is 0 Å². The fraction of sp³-hybridized carbons (Fsp3) is 0.0667. The minimum absolute atomic E-state index is 0.197. The molecule has 0 aliphatic rings. The van der Waals surface area contributed by atoms with Crippen LogP contribution >= 0.6 is 27.5 Å². The first-order valence-corrected chi connectivity index (χ1v) is 7.02. The molecule has 0 radical (unpaired) electrons. The Bertz CT molecular complexity index is 685. The molecule has 0 heterocycles. The lowest BCUT2D eigenvalue weighted by molar-refractivity contribution is -0.114. The third-order valence-electron chi connectivity index (χ3n) is 2.62. The van der Waals surface area contributed by atoms with Gasteiger partial charge in [-0.05, 0) is 30.3 Å². The van der Waals surface area contributed by atoms with Gasteiger partial charge in [0, 0.05) is 27.5 Å². The van der Waals surface area contributed by atoms with Crippen LogP contribution in [0.2, 0.25) is 5.02 Å². The molecular formula is C15H11BrClNO2. The molecule has 5 heteroatoms. The number of halogens is 2. The van der Waals surface area contributed by atoms with Crippen LogP contribution in [0.5, 0.6) is 0 Å². The minimum atomic E-state index is -0.229. The summed E-state index contributed by atoms with van der Waals surface area (Å²) in [6.07, 6.45) is 0. The van der Waals surface area contributed by atoms with E-state index in [2.05, 4.69) is 21.2 Å². The molecule has 2 rings (SSSR count). The highest BCUT2D eigenvalue weighted by molar-refractivity contribution is 9.10. The number of rotatable bonds is 3. The Hall–Kier alpha value is -1.65. The average Bonchev–Trinajstić information content (AvgIpc) is 2.39. The molecule has 0 aromatic heterocycles. The zero-order valence-corrected chi connectivity index (χ0v) is 13.0. The third kappa shape index (κ3) is 3.46. The molecule has 0 saturated heterocycles. The van der Waals surface area contributed by atoms with Crippen LogP contribution in [0.15, 0.2) is 46.9 Å². The van der Waals surface area contributed by atoms with Crippen LogP contribution in [-0.4, -0.2) is 11.7 Å². The molecule has 0 atom stereocenters. The molecule has 3 nitrogen and oxygen atoms in total. The molecule has 0 fully saturated rings. The van der Waals surface area contributed by atoms with Crippen molar-refractivity contribution in [2.75, 3.05) is 5.32 Å². The van der Waals surface area contributed by atoms with Crippen LogP contribution in [0, 0.1) is 0 Å². The highest BCUT2D eigenvalue weighted by Crippen LogP contribution is 2.25. The molecule has 20 heavy (non-hydrogen) atoms. The topological polar surface area (TPSA) is 46.2 Å². The van der Waals surface area contributed by atoms with Crippen molar-refractivity contribution < 1.29 is 9.59 Å². The second-order valence-corrected chi connectivity index (χ2v) is 5.56. The molecule has 0 bridgehead atoms. The summed E-state index contributed by atoms with van der Waals surface area (Å²) in [4.78, 5) is 23.7. The van der Waals surface area contributed by atoms with Crippen LogP contribution in [0.1, 0.15) is 22.8 Å². The Morgan fingerprint density at radius 2 is 1.90 bits per heavy atom. The summed E-state index contributed by atoms with van der Waals surface area (Å²) in [7, 11) is 0. The molecule has 0 saturated carbocycles. The third-order valence-corrected chi connectivity index (χ3v) is 3.35. The maximum atomic E-state index is 12.5. The first-order valence-electron chi connectivity index (χ1n) is 5.85. The predicted octanol–water partition coefficient (Wildman–Crippen LogP) is 4.29. The Balaban J connectivity index is 2.47. The molecule has 0 aliphatic heterocycles. The number of ketones is 1. The molecule has 0 unspecified atom stereocenters. The van der Waals surface area contributed by atoms with Crippen molar-refractivity contribution in [1.29, 1.82) is 0 Å². The number of anilines is 1. The lowest BCUT2D eigenvalue weighted by Gasteiger charge is -2.10. The van der Waals surface area contributed by atoms with Gasteiger partial charge in [-0.3, -0.25) is 9.59 Å². The summed E-state index contributed by atoms with van der Waals surface area (Å²) in [6, 6.07) is 11.8. The zero-order chi connectivity index (χ0) is 14.7. The molecule has 102 valence electrons. The summed E-state index contributed by atoms with van der Waals surface area (Å²) in [5.74, 6) is -0.426.